The van der Waals surface area contributed by atoms with Gasteiger partial charge in [-0.15, -0.1) is 0 Å². The number of halogens is 1. The quantitative estimate of drug-likeness (QED) is 0.902. The summed E-state index contributed by atoms with van der Waals surface area (Å²) in [5.74, 6) is 0. The number of hydrogen-bond acceptors (Lipinski definition) is 2. The molecular formula is C13H15ClN4O. The molecule has 0 saturated heterocycles. The molecule has 1 aromatic heterocycles. The highest BCUT2D eigenvalue weighted by atomic mass is 35.5. The number of benzene rings is 1. The summed E-state index contributed by atoms with van der Waals surface area (Å²) in [6.07, 6.45) is 4.47. The maximum atomic E-state index is 11.6. The molecule has 1 aromatic carbocycles. The molecule has 2 amide bonds. The van der Waals surface area contributed by atoms with E-state index in [9.17, 15) is 4.79 Å². The van der Waals surface area contributed by atoms with Crippen molar-refractivity contribution in [3.8, 4) is 0 Å². The van der Waals surface area contributed by atoms with Crippen LogP contribution in [0.25, 0.3) is 0 Å². The molecule has 0 aliphatic heterocycles. The van der Waals surface area contributed by atoms with E-state index in [4.69, 9.17) is 11.6 Å². The van der Waals surface area contributed by atoms with E-state index >= 15 is 0 Å². The van der Waals surface area contributed by atoms with Crippen LogP contribution in [0.3, 0.4) is 0 Å². The molecule has 0 unspecified atom stereocenters. The van der Waals surface area contributed by atoms with Gasteiger partial charge in [-0.25, -0.2) is 4.79 Å². The van der Waals surface area contributed by atoms with Crippen LogP contribution in [0, 0.1) is 0 Å². The van der Waals surface area contributed by atoms with Gasteiger partial charge >= 0.3 is 6.03 Å². The van der Waals surface area contributed by atoms with Crippen molar-refractivity contribution in [1.82, 2.24) is 15.1 Å². The van der Waals surface area contributed by atoms with Gasteiger partial charge in [0.15, 0.2) is 0 Å². The first-order valence-corrected chi connectivity index (χ1v) is 6.29. The first-order valence-electron chi connectivity index (χ1n) is 5.91. The lowest BCUT2D eigenvalue weighted by atomic mass is 10.2. The number of nitrogens with one attached hydrogen (secondary N) is 2. The molecule has 0 aliphatic carbocycles. The number of urea groups is 1. The second kappa shape index (κ2) is 6.24. The fourth-order valence-corrected chi connectivity index (χ4v) is 1.76. The fraction of sp³-hybridized carbons (Fsp3) is 0.231. The summed E-state index contributed by atoms with van der Waals surface area (Å²) in [6.45, 7) is 0.561. The van der Waals surface area contributed by atoms with E-state index in [1.807, 2.05) is 13.2 Å². The molecule has 0 saturated carbocycles. The Bertz CT molecular complexity index is 550. The Kier molecular flexibility index (Phi) is 4.41. The van der Waals surface area contributed by atoms with Crippen molar-refractivity contribution in [1.29, 1.82) is 0 Å². The minimum atomic E-state index is -0.230. The average Bonchev–Trinajstić information content (AvgIpc) is 2.78. The predicted molar refractivity (Wildman–Crippen MR) is 75.4 cm³/mol. The van der Waals surface area contributed by atoms with Crippen molar-refractivity contribution in [2.75, 3.05) is 11.9 Å². The lowest BCUT2D eigenvalue weighted by molar-refractivity contribution is 0.252. The summed E-state index contributed by atoms with van der Waals surface area (Å²) in [5.41, 5.74) is 1.80. The Hall–Kier alpha value is -2.01. The van der Waals surface area contributed by atoms with Gasteiger partial charge < -0.3 is 10.6 Å². The Morgan fingerprint density at radius 1 is 1.37 bits per heavy atom. The topological polar surface area (TPSA) is 59.0 Å². The molecular weight excluding hydrogens is 264 g/mol. The van der Waals surface area contributed by atoms with Gasteiger partial charge in [0.25, 0.3) is 0 Å². The lowest BCUT2D eigenvalue weighted by Gasteiger charge is -2.06. The van der Waals surface area contributed by atoms with E-state index in [0.29, 0.717) is 17.3 Å². The summed E-state index contributed by atoms with van der Waals surface area (Å²) in [6, 6.07) is 6.73. The van der Waals surface area contributed by atoms with E-state index in [-0.39, 0.29) is 6.03 Å². The zero-order chi connectivity index (χ0) is 13.7. The molecule has 0 radical (unpaired) electrons. The second-order valence-corrected chi connectivity index (χ2v) is 4.60. The molecule has 0 fully saturated rings. The van der Waals surface area contributed by atoms with Gasteiger partial charge in [-0.1, -0.05) is 11.6 Å². The standard InChI is InChI=1S/C13H15ClN4O/c1-18-9-10(8-16-18)6-7-15-13(19)17-12-4-2-11(14)3-5-12/h2-5,8-9H,6-7H2,1H3,(H2,15,17,19). The highest BCUT2D eigenvalue weighted by Gasteiger charge is 2.02. The van der Waals surface area contributed by atoms with Gasteiger partial charge in [0.2, 0.25) is 0 Å². The molecule has 2 N–H and O–H groups in total. The van der Waals surface area contributed by atoms with Crippen molar-refractivity contribution in [2.24, 2.45) is 7.05 Å². The zero-order valence-corrected chi connectivity index (χ0v) is 11.3. The summed E-state index contributed by atoms with van der Waals surface area (Å²) in [5, 5.41) is 10.2. The zero-order valence-electron chi connectivity index (χ0n) is 10.6. The van der Waals surface area contributed by atoms with Crippen molar-refractivity contribution in [2.45, 2.75) is 6.42 Å². The van der Waals surface area contributed by atoms with Crippen LogP contribution < -0.4 is 10.6 Å². The number of aromatic nitrogens is 2. The largest absolute Gasteiger partial charge is 0.338 e. The summed E-state index contributed by atoms with van der Waals surface area (Å²) < 4.78 is 1.74. The molecule has 5 nitrogen and oxygen atoms in total. The van der Waals surface area contributed by atoms with Crippen LogP contribution in [0.15, 0.2) is 36.7 Å². The van der Waals surface area contributed by atoms with Crippen LogP contribution in [0.4, 0.5) is 10.5 Å². The van der Waals surface area contributed by atoms with E-state index in [2.05, 4.69) is 15.7 Å². The van der Waals surface area contributed by atoms with Gasteiger partial charge in [0, 0.05) is 30.5 Å². The van der Waals surface area contributed by atoms with Crippen molar-refractivity contribution in [3.05, 3.63) is 47.2 Å². The fourth-order valence-electron chi connectivity index (χ4n) is 1.63. The molecule has 19 heavy (non-hydrogen) atoms. The van der Waals surface area contributed by atoms with E-state index in [1.54, 1.807) is 35.1 Å². The first-order chi connectivity index (χ1) is 9.13. The molecule has 0 atom stereocenters. The van der Waals surface area contributed by atoms with Crippen LogP contribution in [0.2, 0.25) is 5.02 Å². The van der Waals surface area contributed by atoms with Gasteiger partial charge in [-0.05, 0) is 36.2 Å². The highest BCUT2D eigenvalue weighted by molar-refractivity contribution is 6.30. The minimum Gasteiger partial charge on any atom is -0.338 e. The van der Waals surface area contributed by atoms with E-state index in [0.717, 1.165) is 12.0 Å². The number of aryl methyl sites for hydroxylation is 1. The second-order valence-electron chi connectivity index (χ2n) is 4.16. The number of nitrogens with zero attached hydrogens (tertiary/aromatic N) is 2. The summed E-state index contributed by atoms with van der Waals surface area (Å²) in [4.78, 5) is 11.6. The number of carbonyl (C=O) groups excluding carboxylic acids is 1. The third-order valence-corrected chi connectivity index (χ3v) is 2.81. The lowest BCUT2D eigenvalue weighted by Crippen LogP contribution is -2.30. The third kappa shape index (κ3) is 4.30. The van der Waals surface area contributed by atoms with Crippen molar-refractivity contribution in [3.63, 3.8) is 0 Å². The number of carbonyl (C=O) groups is 1. The molecule has 100 valence electrons. The average molecular weight is 279 g/mol. The van der Waals surface area contributed by atoms with E-state index in [1.165, 1.54) is 0 Å². The number of amides is 2. The van der Waals surface area contributed by atoms with Gasteiger partial charge in [0.1, 0.15) is 0 Å². The number of rotatable bonds is 4. The maximum Gasteiger partial charge on any atom is 0.319 e. The van der Waals surface area contributed by atoms with Crippen molar-refractivity contribution >= 4 is 23.3 Å². The third-order valence-electron chi connectivity index (χ3n) is 2.56. The normalized spacial score (nSPS) is 10.2. The first kappa shape index (κ1) is 13.4. The van der Waals surface area contributed by atoms with Crippen LogP contribution in [-0.2, 0) is 13.5 Å². The molecule has 0 spiro atoms. The maximum absolute atomic E-state index is 11.6. The van der Waals surface area contributed by atoms with Gasteiger partial charge in [-0.3, -0.25) is 4.68 Å². The molecule has 1 heterocycles. The summed E-state index contributed by atoms with van der Waals surface area (Å²) in [7, 11) is 1.87. The Morgan fingerprint density at radius 2 is 2.11 bits per heavy atom. The Labute approximate surface area is 116 Å². The van der Waals surface area contributed by atoms with Crippen LogP contribution >= 0.6 is 11.6 Å². The van der Waals surface area contributed by atoms with Crippen LogP contribution in [-0.4, -0.2) is 22.4 Å². The van der Waals surface area contributed by atoms with Gasteiger partial charge in [-0.2, -0.15) is 5.10 Å². The van der Waals surface area contributed by atoms with Crippen molar-refractivity contribution < 1.29 is 4.79 Å². The molecule has 0 aliphatic rings. The van der Waals surface area contributed by atoms with E-state index < -0.39 is 0 Å². The van der Waals surface area contributed by atoms with Crippen LogP contribution in [0.1, 0.15) is 5.56 Å². The SMILES string of the molecule is Cn1cc(CCNC(=O)Nc2ccc(Cl)cc2)cn1. The van der Waals surface area contributed by atoms with Gasteiger partial charge in [0.05, 0.1) is 6.20 Å². The highest BCUT2D eigenvalue weighted by Crippen LogP contribution is 2.12. The molecule has 0 bridgehead atoms. The number of anilines is 1. The molecule has 6 heteroatoms. The summed E-state index contributed by atoms with van der Waals surface area (Å²) >= 11 is 5.77. The Morgan fingerprint density at radius 3 is 2.74 bits per heavy atom. The molecule has 2 aromatic rings. The molecule has 2 rings (SSSR count). The monoisotopic (exact) mass is 278 g/mol. The minimum absolute atomic E-state index is 0.230. The number of hydrogen-bond donors (Lipinski definition) is 2. The predicted octanol–water partition coefficient (Wildman–Crippen LogP) is 2.44. The Balaban J connectivity index is 1.74. The van der Waals surface area contributed by atoms with Crippen LogP contribution in [0.5, 0.6) is 0 Å². The smallest absolute Gasteiger partial charge is 0.319 e.